The highest BCUT2D eigenvalue weighted by Crippen LogP contribution is 2.36. The Balaban J connectivity index is 1.37. The first-order chi connectivity index (χ1) is 15.6. The molecule has 1 aliphatic carbocycles. The second-order valence-electron chi connectivity index (χ2n) is 8.37. The van der Waals surface area contributed by atoms with E-state index in [4.69, 9.17) is 4.42 Å². The van der Waals surface area contributed by atoms with Crippen molar-refractivity contribution in [2.24, 2.45) is 0 Å². The third-order valence-corrected chi connectivity index (χ3v) is 6.32. The number of furan rings is 1. The van der Waals surface area contributed by atoms with Gasteiger partial charge in [0.15, 0.2) is 0 Å². The number of aromatic hydroxyl groups is 1. The van der Waals surface area contributed by atoms with Crippen LogP contribution in [0.5, 0.6) is 5.75 Å². The van der Waals surface area contributed by atoms with Crippen LogP contribution in [0.15, 0.2) is 65.6 Å². The molecule has 2 heterocycles. The summed E-state index contributed by atoms with van der Waals surface area (Å²) < 4.78 is 5.08. The number of fused-ring (bicyclic) bond motifs is 1. The smallest absolute Gasteiger partial charge is 0.260 e. The summed E-state index contributed by atoms with van der Waals surface area (Å²) in [5, 5.41) is 15.9. The molecule has 1 aromatic heterocycles. The van der Waals surface area contributed by atoms with E-state index in [2.05, 4.69) is 10.6 Å². The molecule has 0 unspecified atom stereocenters. The highest BCUT2D eigenvalue weighted by Gasteiger charge is 2.28. The summed E-state index contributed by atoms with van der Waals surface area (Å²) in [6, 6.07) is 13.1. The van der Waals surface area contributed by atoms with Gasteiger partial charge in [-0.3, -0.25) is 14.9 Å². The molecule has 1 fully saturated rings. The van der Waals surface area contributed by atoms with E-state index in [-0.39, 0.29) is 11.7 Å². The summed E-state index contributed by atoms with van der Waals surface area (Å²) in [4.78, 5) is 24.9. The first-order valence-corrected chi connectivity index (χ1v) is 10.9. The van der Waals surface area contributed by atoms with Gasteiger partial charge in [-0.1, -0.05) is 31.0 Å². The van der Waals surface area contributed by atoms with E-state index < -0.39 is 5.91 Å². The van der Waals surface area contributed by atoms with Gasteiger partial charge >= 0.3 is 0 Å². The minimum absolute atomic E-state index is 0.158. The molecule has 0 radical (unpaired) electrons. The van der Waals surface area contributed by atoms with E-state index in [1.807, 2.05) is 30.3 Å². The van der Waals surface area contributed by atoms with Gasteiger partial charge in [0.25, 0.3) is 11.8 Å². The third-order valence-electron chi connectivity index (χ3n) is 6.32. The maximum atomic E-state index is 12.6. The summed E-state index contributed by atoms with van der Waals surface area (Å²) in [7, 11) is 0. The topological polar surface area (TPSA) is 91.6 Å². The van der Waals surface area contributed by atoms with Crippen molar-refractivity contribution in [1.29, 1.82) is 0 Å². The molecule has 162 valence electrons. The number of hydrogen-bond donors (Lipinski definition) is 3. The summed E-state index contributed by atoms with van der Waals surface area (Å²) in [5.74, 6) is -0.117. The molecule has 6 heteroatoms. The third kappa shape index (κ3) is 3.80. The van der Waals surface area contributed by atoms with Crippen molar-refractivity contribution >= 4 is 17.4 Å². The van der Waals surface area contributed by atoms with Crippen molar-refractivity contribution in [3.05, 3.63) is 83.4 Å². The minimum atomic E-state index is -0.406. The predicted molar refractivity (Wildman–Crippen MR) is 121 cm³/mol. The average Bonchev–Trinajstić information content (AvgIpc) is 3.50. The zero-order valence-corrected chi connectivity index (χ0v) is 17.6. The van der Waals surface area contributed by atoms with E-state index in [9.17, 15) is 14.7 Å². The molecule has 1 aliphatic heterocycles. The zero-order chi connectivity index (χ0) is 22.1. The van der Waals surface area contributed by atoms with E-state index in [1.165, 1.54) is 18.4 Å². The molecule has 2 amide bonds. The standard InChI is InChI=1S/C26H24N2O4/c29-24-11-16(5-7-20(24)19-9-10-32-15-19)13-27-14-23-22-12-18(17-3-1-2-4-17)6-8-21(22)25(30)28-26(23)31/h5-12,14-15,17,27,29H,1-4,13H2,(H,28,30,31)/b23-14-. The van der Waals surface area contributed by atoms with Crippen LogP contribution < -0.4 is 10.6 Å². The zero-order valence-electron chi connectivity index (χ0n) is 17.6. The molecule has 5 rings (SSSR count). The summed E-state index contributed by atoms with van der Waals surface area (Å²) in [6.45, 7) is 0.418. The quantitative estimate of drug-likeness (QED) is 0.404. The first-order valence-electron chi connectivity index (χ1n) is 10.9. The van der Waals surface area contributed by atoms with Gasteiger partial charge in [-0.05, 0) is 54.2 Å². The van der Waals surface area contributed by atoms with Crippen LogP contribution in [0.2, 0.25) is 0 Å². The van der Waals surface area contributed by atoms with Crippen LogP contribution >= 0.6 is 0 Å². The number of hydrogen-bond acceptors (Lipinski definition) is 5. The van der Waals surface area contributed by atoms with E-state index in [0.29, 0.717) is 34.7 Å². The Morgan fingerprint density at radius 1 is 1.00 bits per heavy atom. The number of phenolic OH excluding ortho intramolecular Hbond substituents is 1. The van der Waals surface area contributed by atoms with Gasteiger partial charge in [0.05, 0.1) is 18.1 Å². The monoisotopic (exact) mass is 428 g/mol. The van der Waals surface area contributed by atoms with Crippen molar-refractivity contribution in [3.63, 3.8) is 0 Å². The van der Waals surface area contributed by atoms with Crippen LogP contribution in [0, 0.1) is 0 Å². The lowest BCUT2D eigenvalue weighted by Gasteiger charge is -2.21. The van der Waals surface area contributed by atoms with Crippen LogP contribution in [0.25, 0.3) is 16.7 Å². The van der Waals surface area contributed by atoms with Gasteiger partial charge in [0.1, 0.15) is 5.75 Å². The lowest BCUT2D eigenvalue weighted by atomic mass is 9.89. The van der Waals surface area contributed by atoms with Crippen LogP contribution in [0.1, 0.15) is 58.6 Å². The highest BCUT2D eigenvalue weighted by molar-refractivity contribution is 6.31. The van der Waals surface area contributed by atoms with E-state index in [1.54, 1.807) is 30.9 Å². The van der Waals surface area contributed by atoms with Gasteiger partial charge < -0.3 is 14.8 Å². The van der Waals surface area contributed by atoms with E-state index in [0.717, 1.165) is 24.0 Å². The number of nitrogens with one attached hydrogen (secondary N) is 2. The Morgan fingerprint density at radius 2 is 1.81 bits per heavy atom. The number of phenols is 1. The molecule has 3 aromatic rings. The molecule has 3 N–H and O–H groups in total. The summed E-state index contributed by atoms with van der Waals surface area (Å²) in [5.41, 5.74) is 5.18. The SMILES string of the molecule is O=C1NC(=O)c2ccc(C3CCCC3)cc2/C1=C/NCc1ccc(-c2ccoc2)c(O)c1. The summed E-state index contributed by atoms with van der Waals surface area (Å²) >= 11 is 0. The first kappa shape index (κ1) is 20.1. The van der Waals surface area contributed by atoms with Crippen molar-refractivity contribution in [3.8, 4) is 16.9 Å². The molecule has 0 bridgehead atoms. The summed E-state index contributed by atoms with van der Waals surface area (Å²) in [6.07, 6.45) is 9.53. The second kappa shape index (κ2) is 8.38. The minimum Gasteiger partial charge on any atom is -0.507 e. The molecule has 1 saturated carbocycles. The van der Waals surface area contributed by atoms with Gasteiger partial charge in [0, 0.05) is 35.0 Å². The molecule has 0 atom stereocenters. The highest BCUT2D eigenvalue weighted by atomic mass is 16.3. The lowest BCUT2D eigenvalue weighted by Crippen LogP contribution is -2.37. The molecule has 0 saturated heterocycles. The fourth-order valence-corrected chi connectivity index (χ4v) is 4.62. The number of imide groups is 1. The average molecular weight is 428 g/mol. The van der Waals surface area contributed by atoms with Crippen molar-refractivity contribution in [1.82, 2.24) is 10.6 Å². The van der Waals surface area contributed by atoms with Crippen molar-refractivity contribution < 1.29 is 19.1 Å². The van der Waals surface area contributed by atoms with Gasteiger partial charge in [0.2, 0.25) is 0 Å². The van der Waals surface area contributed by atoms with Crippen LogP contribution in [0.4, 0.5) is 0 Å². The van der Waals surface area contributed by atoms with Crippen LogP contribution in [0.3, 0.4) is 0 Å². The normalized spacial score (nSPS) is 17.4. The second-order valence-corrected chi connectivity index (χ2v) is 8.37. The Morgan fingerprint density at radius 3 is 2.56 bits per heavy atom. The van der Waals surface area contributed by atoms with Gasteiger partial charge in [-0.25, -0.2) is 0 Å². The molecule has 6 nitrogen and oxygen atoms in total. The largest absolute Gasteiger partial charge is 0.507 e. The van der Waals surface area contributed by atoms with Crippen LogP contribution in [-0.4, -0.2) is 16.9 Å². The number of rotatable bonds is 5. The number of benzene rings is 2. The molecular formula is C26H24N2O4. The molecule has 2 aromatic carbocycles. The van der Waals surface area contributed by atoms with Crippen molar-refractivity contribution in [2.45, 2.75) is 38.1 Å². The van der Waals surface area contributed by atoms with Crippen molar-refractivity contribution in [2.75, 3.05) is 0 Å². The predicted octanol–water partition coefficient (Wildman–Crippen LogP) is 4.71. The Hall–Kier alpha value is -3.80. The molecule has 0 spiro atoms. The number of carbonyl (C=O) groups excluding carboxylic acids is 2. The van der Waals surface area contributed by atoms with Gasteiger partial charge in [-0.15, -0.1) is 0 Å². The van der Waals surface area contributed by atoms with Crippen LogP contribution in [-0.2, 0) is 11.3 Å². The molecular weight excluding hydrogens is 404 g/mol. The number of amides is 2. The maximum Gasteiger partial charge on any atom is 0.260 e. The fraction of sp³-hybridized carbons (Fsp3) is 0.231. The fourth-order valence-electron chi connectivity index (χ4n) is 4.62. The molecule has 32 heavy (non-hydrogen) atoms. The maximum absolute atomic E-state index is 12.6. The number of carbonyl (C=O) groups is 2. The van der Waals surface area contributed by atoms with Gasteiger partial charge in [-0.2, -0.15) is 0 Å². The Bertz CT molecular complexity index is 1200. The lowest BCUT2D eigenvalue weighted by molar-refractivity contribution is -0.114. The van der Waals surface area contributed by atoms with E-state index >= 15 is 0 Å². The Kier molecular flexibility index (Phi) is 5.27. The molecule has 2 aliphatic rings. The Labute approximate surface area is 186 Å².